The average Bonchev–Trinajstić information content (AvgIpc) is 3.01. The lowest BCUT2D eigenvalue weighted by atomic mass is 9.96. The highest BCUT2D eigenvalue weighted by molar-refractivity contribution is 7.92. The summed E-state index contributed by atoms with van der Waals surface area (Å²) < 4.78 is 30.3. The predicted molar refractivity (Wildman–Crippen MR) is 127 cm³/mol. The van der Waals surface area contributed by atoms with Gasteiger partial charge in [0.2, 0.25) is 0 Å². The van der Waals surface area contributed by atoms with Crippen molar-refractivity contribution in [2.45, 2.75) is 38.1 Å². The Labute approximate surface area is 183 Å². The van der Waals surface area contributed by atoms with Gasteiger partial charge in [-0.3, -0.25) is 4.31 Å². The molecule has 0 saturated carbocycles. The predicted octanol–water partition coefficient (Wildman–Crippen LogP) is 5.70. The Morgan fingerprint density at radius 3 is 2.45 bits per heavy atom. The van der Waals surface area contributed by atoms with Crippen LogP contribution in [0.3, 0.4) is 0 Å². The molecule has 0 amide bonds. The normalized spacial score (nSPS) is 13.5. The van der Waals surface area contributed by atoms with Gasteiger partial charge < -0.3 is 4.57 Å². The molecule has 0 saturated heterocycles. The van der Waals surface area contributed by atoms with E-state index in [9.17, 15) is 8.42 Å². The Kier molecular flexibility index (Phi) is 4.67. The van der Waals surface area contributed by atoms with E-state index in [0.717, 1.165) is 30.5 Å². The number of hydrogen-bond acceptors (Lipinski definition) is 2. The van der Waals surface area contributed by atoms with Crippen LogP contribution in [-0.2, 0) is 23.0 Å². The summed E-state index contributed by atoms with van der Waals surface area (Å²) in [6.45, 7) is 5.00. The number of nitrogens with zero attached hydrogens (tertiary/aromatic N) is 2. The molecule has 0 spiro atoms. The number of aryl methyl sites for hydroxylation is 4. The Morgan fingerprint density at radius 2 is 1.68 bits per heavy atom. The van der Waals surface area contributed by atoms with Crippen LogP contribution in [0.25, 0.3) is 22.2 Å². The van der Waals surface area contributed by atoms with Crippen LogP contribution in [0.2, 0.25) is 0 Å². The molecule has 5 heteroatoms. The van der Waals surface area contributed by atoms with Gasteiger partial charge in [-0.2, -0.15) is 0 Å². The van der Waals surface area contributed by atoms with Gasteiger partial charge in [0.05, 0.1) is 10.6 Å². The van der Waals surface area contributed by atoms with Gasteiger partial charge >= 0.3 is 0 Å². The van der Waals surface area contributed by atoms with Gasteiger partial charge in [-0.1, -0.05) is 35.9 Å². The van der Waals surface area contributed by atoms with Crippen LogP contribution in [0.4, 0.5) is 5.69 Å². The first-order valence-corrected chi connectivity index (χ1v) is 12.1. The molecule has 0 fully saturated rings. The van der Waals surface area contributed by atoms with Crippen molar-refractivity contribution in [3.8, 4) is 11.3 Å². The number of hydrogen-bond donors (Lipinski definition) is 0. The minimum atomic E-state index is -3.61. The molecule has 3 aromatic carbocycles. The van der Waals surface area contributed by atoms with E-state index in [2.05, 4.69) is 47.9 Å². The van der Waals surface area contributed by atoms with Crippen molar-refractivity contribution in [3.05, 3.63) is 83.4 Å². The van der Waals surface area contributed by atoms with Gasteiger partial charge in [0.15, 0.2) is 0 Å². The zero-order valence-corrected chi connectivity index (χ0v) is 18.9. The molecule has 0 bridgehead atoms. The third-order valence-corrected chi connectivity index (χ3v) is 8.14. The highest BCUT2D eigenvalue weighted by Crippen LogP contribution is 2.38. The first-order chi connectivity index (χ1) is 14.9. The van der Waals surface area contributed by atoms with Crippen LogP contribution in [0, 0.1) is 13.8 Å². The maximum Gasteiger partial charge on any atom is 0.264 e. The number of para-hydroxylation sites is 1. The number of aromatic nitrogens is 1. The molecule has 4 nitrogen and oxygen atoms in total. The van der Waals surface area contributed by atoms with E-state index in [-0.39, 0.29) is 0 Å². The van der Waals surface area contributed by atoms with Gasteiger partial charge in [-0.15, -0.1) is 0 Å². The maximum absolute atomic E-state index is 13.2. The molecule has 1 aliphatic heterocycles. The first-order valence-electron chi connectivity index (χ1n) is 10.6. The molecule has 1 aromatic heterocycles. The summed E-state index contributed by atoms with van der Waals surface area (Å²) in [7, 11) is -1.97. The summed E-state index contributed by atoms with van der Waals surface area (Å²) in [6, 6.07) is 21.8. The molecule has 0 radical (unpaired) electrons. The SMILES string of the molecule is Cc1ccc(S(=O)(=O)N(C)c2cc(C)c3c(c2)CCCn2c-3cc3ccccc32)cc1. The summed E-state index contributed by atoms with van der Waals surface area (Å²) >= 11 is 0. The van der Waals surface area contributed by atoms with Crippen LogP contribution >= 0.6 is 0 Å². The van der Waals surface area contributed by atoms with E-state index in [1.54, 1.807) is 19.2 Å². The van der Waals surface area contributed by atoms with E-state index < -0.39 is 10.0 Å². The zero-order valence-electron chi connectivity index (χ0n) is 18.1. The molecular formula is C26H26N2O2S. The van der Waals surface area contributed by atoms with Gasteiger partial charge in [-0.25, -0.2) is 8.42 Å². The Bertz CT molecular complexity index is 1400. The highest BCUT2D eigenvalue weighted by atomic mass is 32.2. The number of anilines is 1. The fourth-order valence-corrected chi connectivity index (χ4v) is 5.86. The number of fused-ring (bicyclic) bond motifs is 5. The van der Waals surface area contributed by atoms with Crippen molar-refractivity contribution < 1.29 is 8.42 Å². The van der Waals surface area contributed by atoms with Crippen molar-refractivity contribution in [2.24, 2.45) is 0 Å². The van der Waals surface area contributed by atoms with Crippen LogP contribution in [0.15, 0.2) is 71.6 Å². The van der Waals surface area contributed by atoms with E-state index in [4.69, 9.17) is 0 Å². The lowest BCUT2D eigenvalue weighted by Crippen LogP contribution is -2.26. The topological polar surface area (TPSA) is 42.3 Å². The monoisotopic (exact) mass is 430 g/mol. The minimum absolute atomic E-state index is 0.313. The van der Waals surface area contributed by atoms with Crippen molar-refractivity contribution in [3.63, 3.8) is 0 Å². The van der Waals surface area contributed by atoms with Crippen LogP contribution < -0.4 is 4.31 Å². The third kappa shape index (κ3) is 3.24. The standard InChI is InChI=1S/C26H26N2O2S/c1-18-10-12-23(13-11-18)31(29,30)27(3)22-15-19(2)26-21(16-22)8-6-14-28-24-9-5-4-7-20(24)17-25(26)28/h4-5,7,9-13,15-17H,6,8,14H2,1-3H3. The lowest BCUT2D eigenvalue weighted by Gasteiger charge is -2.22. The minimum Gasteiger partial charge on any atom is -0.340 e. The molecule has 0 N–H and O–H groups in total. The Hall–Kier alpha value is -3.05. The van der Waals surface area contributed by atoms with E-state index in [1.807, 2.05) is 25.1 Å². The van der Waals surface area contributed by atoms with Crippen LogP contribution in [0.1, 0.15) is 23.1 Å². The lowest BCUT2D eigenvalue weighted by molar-refractivity contribution is 0.594. The summed E-state index contributed by atoms with van der Waals surface area (Å²) in [5, 5.41) is 1.24. The molecule has 2 heterocycles. The first kappa shape index (κ1) is 19.9. The van der Waals surface area contributed by atoms with E-state index in [0.29, 0.717) is 10.6 Å². The smallest absolute Gasteiger partial charge is 0.264 e. The van der Waals surface area contributed by atoms with Crippen molar-refractivity contribution in [2.75, 3.05) is 11.4 Å². The molecule has 0 atom stereocenters. The fraction of sp³-hybridized carbons (Fsp3) is 0.231. The van der Waals surface area contributed by atoms with Gasteiger partial charge in [-0.05, 0) is 74.2 Å². The average molecular weight is 431 g/mol. The van der Waals surface area contributed by atoms with Gasteiger partial charge in [0, 0.05) is 35.8 Å². The Balaban J connectivity index is 1.62. The largest absolute Gasteiger partial charge is 0.340 e. The third-order valence-electron chi connectivity index (χ3n) is 6.34. The molecular weight excluding hydrogens is 404 g/mol. The second kappa shape index (κ2) is 7.27. The summed E-state index contributed by atoms with van der Waals surface area (Å²) in [4.78, 5) is 0.313. The van der Waals surface area contributed by atoms with Crippen LogP contribution in [-0.4, -0.2) is 20.0 Å². The number of sulfonamides is 1. The Morgan fingerprint density at radius 1 is 0.935 bits per heavy atom. The zero-order chi connectivity index (χ0) is 21.8. The highest BCUT2D eigenvalue weighted by Gasteiger charge is 2.25. The molecule has 0 aliphatic carbocycles. The molecule has 4 aromatic rings. The molecule has 5 rings (SSSR count). The number of rotatable bonds is 3. The molecule has 0 unspecified atom stereocenters. The molecule has 1 aliphatic rings. The second-order valence-electron chi connectivity index (χ2n) is 8.43. The van der Waals surface area contributed by atoms with Crippen LogP contribution in [0.5, 0.6) is 0 Å². The molecule has 31 heavy (non-hydrogen) atoms. The molecule has 158 valence electrons. The van der Waals surface area contributed by atoms with Gasteiger partial charge in [0.25, 0.3) is 10.0 Å². The second-order valence-corrected chi connectivity index (χ2v) is 10.4. The van der Waals surface area contributed by atoms with Crippen molar-refractivity contribution >= 4 is 26.6 Å². The van der Waals surface area contributed by atoms with Crippen molar-refractivity contribution in [1.29, 1.82) is 0 Å². The summed E-state index contributed by atoms with van der Waals surface area (Å²) in [5.74, 6) is 0. The summed E-state index contributed by atoms with van der Waals surface area (Å²) in [5.41, 5.74) is 7.78. The van der Waals surface area contributed by atoms with E-state index >= 15 is 0 Å². The summed E-state index contributed by atoms with van der Waals surface area (Å²) in [6.07, 6.45) is 1.95. The van der Waals surface area contributed by atoms with Gasteiger partial charge in [0.1, 0.15) is 0 Å². The number of benzene rings is 3. The maximum atomic E-state index is 13.2. The van der Waals surface area contributed by atoms with Crippen molar-refractivity contribution in [1.82, 2.24) is 4.57 Å². The fourth-order valence-electron chi connectivity index (χ4n) is 4.68. The quantitative estimate of drug-likeness (QED) is 0.419. The van der Waals surface area contributed by atoms with E-state index in [1.165, 1.54) is 32.0 Å².